The van der Waals surface area contributed by atoms with Gasteiger partial charge >= 0.3 is 5.97 Å². The van der Waals surface area contributed by atoms with Crippen molar-refractivity contribution in [3.63, 3.8) is 0 Å². The smallest absolute Gasteiger partial charge is 0.309 e. The molecular formula is C6H10O4. The molecule has 0 aliphatic carbocycles. The monoisotopic (exact) mass is 146 g/mol. The molecule has 10 heavy (non-hydrogen) atoms. The van der Waals surface area contributed by atoms with Crippen LogP contribution in [0.25, 0.3) is 0 Å². The van der Waals surface area contributed by atoms with E-state index in [1.165, 1.54) is 13.8 Å². The third-order valence-electron chi connectivity index (χ3n) is 1.36. The van der Waals surface area contributed by atoms with E-state index in [9.17, 15) is 9.59 Å². The van der Waals surface area contributed by atoms with Gasteiger partial charge in [0.05, 0.1) is 5.92 Å². The molecule has 0 heterocycles. The molecular weight excluding hydrogens is 136 g/mol. The zero-order valence-corrected chi connectivity index (χ0v) is 5.90. The van der Waals surface area contributed by atoms with E-state index in [1.807, 2.05) is 0 Å². The molecule has 0 saturated heterocycles. The number of carbonyl (C=O) groups excluding carboxylic acids is 1. The number of carboxylic acids is 1. The van der Waals surface area contributed by atoms with Crippen molar-refractivity contribution in [2.75, 3.05) is 0 Å². The fourth-order valence-electron chi connectivity index (χ4n) is 0.406. The molecule has 0 aromatic rings. The van der Waals surface area contributed by atoms with Crippen LogP contribution in [0.5, 0.6) is 0 Å². The van der Waals surface area contributed by atoms with Crippen molar-refractivity contribution < 1.29 is 19.4 Å². The molecule has 4 nitrogen and oxygen atoms in total. The third kappa shape index (κ3) is 2.48. The Kier molecular flexibility index (Phi) is 3.46. The van der Waals surface area contributed by atoms with E-state index in [-0.39, 0.29) is 6.47 Å². The second-order valence-corrected chi connectivity index (χ2v) is 2.06. The van der Waals surface area contributed by atoms with Crippen molar-refractivity contribution in [3.8, 4) is 0 Å². The zero-order valence-electron chi connectivity index (χ0n) is 5.90. The van der Waals surface area contributed by atoms with E-state index < -0.39 is 18.0 Å². The quantitative estimate of drug-likeness (QED) is 0.578. The van der Waals surface area contributed by atoms with Crippen LogP contribution in [0.3, 0.4) is 0 Å². The minimum absolute atomic E-state index is 0.254. The summed E-state index contributed by atoms with van der Waals surface area (Å²) in [6.45, 7) is 3.27. The molecule has 58 valence electrons. The zero-order chi connectivity index (χ0) is 8.15. The van der Waals surface area contributed by atoms with Gasteiger partial charge in [-0.2, -0.15) is 0 Å². The second kappa shape index (κ2) is 3.87. The fraction of sp³-hybridized carbons (Fsp3) is 0.667. The van der Waals surface area contributed by atoms with Gasteiger partial charge in [-0.15, -0.1) is 0 Å². The molecule has 0 saturated carbocycles. The number of ether oxygens (including phenoxy) is 1. The highest BCUT2D eigenvalue weighted by atomic mass is 16.5. The molecule has 0 amide bonds. The maximum Gasteiger partial charge on any atom is 0.309 e. The highest BCUT2D eigenvalue weighted by Crippen LogP contribution is 2.04. The van der Waals surface area contributed by atoms with Gasteiger partial charge in [0, 0.05) is 0 Å². The first kappa shape index (κ1) is 8.94. The van der Waals surface area contributed by atoms with Gasteiger partial charge in [0.15, 0.2) is 0 Å². The molecule has 0 unspecified atom stereocenters. The third-order valence-corrected chi connectivity index (χ3v) is 1.36. The van der Waals surface area contributed by atoms with Crippen molar-refractivity contribution in [2.24, 2.45) is 5.92 Å². The molecule has 4 heteroatoms. The SMILES string of the molecule is C[C@H](C(=O)O)[C@@H](C)OC=O. The summed E-state index contributed by atoms with van der Waals surface area (Å²) in [5, 5.41) is 8.38. The highest BCUT2D eigenvalue weighted by molar-refractivity contribution is 5.70. The number of hydrogen-bond donors (Lipinski definition) is 1. The van der Waals surface area contributed by atoms with E-state index in [0.29, 0.717) is 0 Å². The van der Waals surface area contributed by atoms with Gasteiger partial charge < -0.3 is 9.84 Å². The van der Waals surface area contributed by atoms with Gasteiger partial charge in [0.2, 0.25) is 0 Å². The molecule has 0 aromatic carbocycles. The summed E-state index contributed by atoms with van der Waals surface area (Å²) in [5.41, 5.74) is 0. The molecule has 2 atom stereocenters. The Balaban J connectivity index is 3.80. The molecule has 0 bridgehead atoms. The van der Waals surface area contributed by atoms with E-state index >= 15 is 0 Å². The van der Waals surface area contributed by atoms with Crippen molar-refractivity contribution in [1.29, 1.82) is 0 Å². The van der Waals surface area contributed by atoms with Crippen molar-refractivity contribution in [1.82, 2.24) is 0 Å². The number of carboxylic acid groups (broad SMARTS) is 1. The Morgan fingerprint density at radius 3 is 2.40 bits per heavy atom. The number of hydrogen-bond acceptors (Lipinski definition) is 3. The first-order chi connectivity index (χ1) is 4.59. The van der Waals surface area contributed by atoms with Gasteiger partial charge in [0.25, 0.3) is 6.47 Å². The van der Waals surface area contributed by atoms with Crippen molar-refractivity contribution >= 4 is 12.4 Å². The average molecular weight is 146 g/mol. The van der Waals surface area contributed by atoms with Gasteiger partial charge in [0.1, 0.15) is 6.10 Å². The Morgan fingerprint density at radius 1 is 1.60 bits per heavy atom. The Bertz CT molecular complexity index is 132. The van der Waals surface area contributed by atoms with Crippen molar-refractivity contribution in [2.45, 2.75) is 20.0 Å². The maximum atomic E-state index is 10.2. The second-order valence-electron chi connectivity index (χ2n) is 2.06. The number of carbonyl (C=O) groups is 2. The predicted molar refractivity (Wildman–Crippen MR) is 33.4 cm³/mol. The van der Waals surface area contributed by atoms with Crippen LogP contribution < -0.4 is 0 Å². The minimum Gasteiger partial charge on any atom is -0.481 e. The lowest BCUT2D eigenvalue weighted by molar-refractivity contribution is -0.149. The summed E-state index contributed by atoms with van der Waals surface area (Å²) in [7, 11) is 0. The summed E-state index contributed by atoms with van der Waals surface area (Å²) in [5.74, 6) is -1.61. The number of aliphatic carboxylic acids is 1. The van der Waals surface area contributed by atoms with E-state index in [0.717, 1.165) is 0 Å². The van der Waals surface area contributed by atoms with Gasteiger partial charge in [-0.3, -0.25) is 9.59 Å². The predicted octanol–water partition coefficient (Wildman–Crippen LogP) is 0.269. The largest absolute Gasteiger partial charge is 0.481 e. The summed E-state index contributed by atoms with van der Waals surface area (Å²) in [4.78, 5) is 19.9. The van der Waals surface area contributed by atoms with E-state index in [4.69, 9.17) is 5.11 Å². The van der Waals surface area contributed by atoms with Crippen LogP contribution in [-0.4, -0.2) is 23.7 Å². The summed E-state index contributed by atoms with van der Waals surface area (Å²) in [6.07, 6.45) is -0.560. The normalized spacial score (nSPS) is 15.4. The lowest BCUT2D eigenvalue weighted by Crippen LogP contribution is -2.24. The molecule has 0 fully saturated rings. The van der Waals surface area contributed by atoms with Crippen LogP contribution in [0.15, 0.2) is 0 Å². The van der Waals surface area contributed by atoms with Crippen molar-refractivity contribution in [3.05, 3.63) is 0 Å². The first-order valence-corrected chi connectivity index (χ1v) is 2.91. The van der Waals surface area contributed by atoms with Gasteiger partial charge in [-0.25, -0.2) is 0 Å². The summed E-state index contributed by atoms with van der Waals surface area (Å²) in [6, 6.07) is 0. The van der Waals surface area contributed by atoms with Crippen LogP contribution >= 0.6 is 0 Å². The lowest BCUT2D eigenvalue weighted by atomic mass is 10.1. The van der Waals surface area contributed by atoms with Crippen LogP contribution in [0, 0.1) is 5.92 Å². The van der Waals surface area contributed by atoms with Crippen LogP contribution in [-0.2, 0) is 14.3 Å². The summed E-state index contributed by atoms with van der Waals surface area (Å²) >= 11 is 0. The minimum atomic E-state index is -0.964. The molecule has 0 aliphatic rings. The van der Waals surface area contributed by atoms with Gasteiger partial charge in [-0.1, -0.05) is 0 Å². The molecule has 0 spiro atoms. The summed E-state index contributed by atoms with van der Waals surface area (Å²) < 4.78 is 4.40. The van der Waals surface area contributed by atoms with E-state index in [1.54, 1.807) is 0 Å². The average Bonchev–Trinajstić information content (AvgIpc) is 1.87. The maximum absolute atomic E-state index is 10.2. The van der Waals surface area contributed by atoms with Crippen LogP contribution in [0.2, 0.25) is 0 Å². The molecule has 0 aromatic heterocycles. The Morgan fingerprint density at radius 2 is 2.10 bits per heavy atom. The molecule has 0 aliphatic heterocycles. The Hall–Kier alpha value is -1.06. The molecule has 1 N–H and O–H groups in total. The van der Waals surface area contributed by atoms with Gasteiger partial charge in [-0.05, 0) is 13.8 Å². The topological polar surface area (TPSA) is 63.6 Å². The molecule has 0 radical (unpaired) electrons. The standard InChI is InChI=1S/C6H10O4/c1-4(6(8)9)5(2)10-3-7/h3-5H,1-2H3,(H,8,9)/t4-,5+/m0/s1. The fourth-order valence-corrected chi connectivity index (χ4v) is 0.406. The lowest BCUT2D eigenvalue weighted by Gasteiger charge is -2.12. The van der Waals surface area contributed by atoms with Crippen LogP contribution in [0.1, 0.15) is 13.8 Å². The first-order valence-electron chi connectivity index (χ1n) is 2.91. The molecule has 0 rings (SSSR count). The highest BCUT2D eigenvalue weighted by Gasteiger charge is 2.19. The van der Waals surface area contributed by atoms with Crippen LogP contribution in [0.4, 0.5) is 0 Å². The Labute approximate surface area is 58.8 Å². The van der Waals surface area contributed by atoms with E-state index in [2.05, 4.69) is 4.74 Å². The number of rotatable bonds is 4.